The highest BCUT2D eigenvalue weighted by molar-refractivity contribution is 5.78. The normalized spacial score (nSPS) is 24.8. The number of carbonyl (C=O) groups excluding carboxylic acids is 1. The second-order valence-corrected chi connectivity index (χ2v) is 5.58. The van der Waals surface area contributed by atoms with Crippen LogP contribution in [0.5, 0.6) is 0 Å². The minimum atomic E-state index is 0.235. The largest absolute Gasteiger partial charge is 0.378 e. The molecular weight excluding hydrogens is 256 g/mol. The van der Waals surface area contributed by atoms with Crippen LogP contribution in [0.1, 0.15) is 24.5 Å². The van der Waals surface area contributed by atoms with Crippen LogP contribution >= 0.6 is 0 Å². The number of aromatic amines is 1. The van der Waals surface area contributed by atoms with Crippen molar-refractivity contribution in [2.75, 3.05) is 45.9 Å². The van der Waals surface area contributed by atoms with E-state index in [4.69, 9.17) is 4.74 Å². The van der Waals surface area contributed by atoms with Gasteiger partial charge in [-0.05, 0) is 25.5 Å². The first-order chi connectivity index (χ1) is 9.83. The van der Waals surface area contributed by atoms with Crippen LogP contribution in [0.4, 0.5) is 0 Å². The van der Waals surface area contributed by atoms with Gasteiger partial charge in [-0.3, -0.25) is 14.8 Å². The molecule has 2 aliphatic rings. The van der Waals surface area contributed by atoms with Gasteiger partial charge in [-0.2, -0.15) is 5.10 Å². The van der Waals surface area contributed by atoms with Crippen LogP contribution in [0.3, 0.4) is 0 Å². The third kappa shape index (κ3) is 3.19. The van der Waals surface area contributed by atoms with E-state index in [1.54, 1.807) is 6.20 Å². The lowest BCUT2D eigenvalue weighted by atomic mass is 9.95. The zero-order valence-corrected chi connectivity index (χ0v) is 11.8. The molecule has 2 fully saturated rings. The zero-order valence-electron chi connectivity index (χ0n) is 11.8. The van der Waals surface area contributed by atoms with Gasteiger partial charge in [0, 0.05) is 37.4 Å². The molecule has 2 aliphatic heterocycles. The molecule has 0 aliphatic carbocycles. The third-order valence-electron chi connectivity index (χ3n) is 4.19. The van der Waals surface area contributed by atoms with Crippen molar-refractivity contribution in [2.24, 2.45) is 0 Å². The molecule has 3 heterocycles. The molecule has 0 aromatic carbocycles. The Morgan fingerprint density at radius 1 is 1.40 bits per heavy atom. The summed E-state index contributed by atoms with van der Waals surface area (Å²) < 4.78 is 5.29. The van der Waals surface area contributed by atoms with Gasteiger partial charge in [0.25, 0.3) is 0 Å². The molecule has 0 spiro atoms. The van der Waals surface area contributed by atoms with E-state index in [0.717, 1.165) is 32.6 Å². The maximum absolute atomic E-state index is 12.3. The molecule has 1 aromatic heterocycles. The summed E-state index contributed by atoms with van der Waals surface area (Å²) >= 11 is 0. The van der Waals surface area contributed by atoms with E-state index in [-0.39, 0.29) is 5.91 Å². The first kappa shape index (κ1) is 13.6. The fraction of sp³-hybridized carbons (Fsp3) is 0.714. The fourth-order valence-electron chi connectivity index (χ4n) is 3.05. The number of piperidine rings is 1. The lowest BCUT2D eigenvalue weighted by Gasteiger charge is -2.34. The number of rotatable bonds is 3. The summed E-state index contributed by atoms with van der Waals surface area (Å²) in [6.07, 6.45) is 4.11. The summed E-state index contributed by atoms with van der Waals surface area (Å²) in [5.41, 5.74) is 1.19. The number of morpholine rings is 1. The molecule has 1 atom stereocenters. The quantitative estimate of drug-likeness (QED) is 0.872. The van der Waals surface area contributed by atoms with E-state index >= 15 is 0 Å². The van der Waals surface area contributed by atoms with E-state index < -0.39 is 0 Å². The number of carbonyl (C=O) groups is 1. The first-order valence-corrected chi connectivity index (χ1v) is 7.40. The van der Waals surface area contributed by atoms with Crippen LogP contribution in [0, 0.1) is 0 Å². The second-order valence-electron chi connectivity index (χ2n) is 5.58. The van der Waals surface area contributed by atoms with Crippen molar-refractivity contribution in [3.63, 3.8) is 0 Å². The number of hydrogen-bond acceptors (Lipinski definition) is 4. The summed E-state index contributed by atoms with van der Waals surface area (Å²) in [4.78, 5) is 16.5. The van der Waals surface area contributed by atoms with E-state index in [1.807, 2.05) is 11.0 Å². The Morgan fingerprint density at radius 2 is 2.25 bits per heavy atom. The number of nitrogens with one attached hydrogen (secondary N) is 1. The molecule has 6 heteroatoms. The predicted octanol–water partition coefficient (Wildman–Crippen LogP) is 0.448. The van der Waals surface area contributed by atoms with Gasteiger partial charge in [0.05, 0.1) is 19.8 Å². The van der Waals surface area contributed by atoms with Crippen molar-refractivity contribution < 1.29 is 9.53 Å². The van der Waals surface area contributed by atoms with Crippen LogP contribution in [0.15, 0.2) is 12.3 Å². The molecular formula is C14H22N4O2. The maximum atomic E-state index is 12.3. The Hall–Kier alpha value is -1.40. The summed E-state index contributed by atoms with van der Waals surface area (Å²) in [7, 11) is 0. The fourth-order valence-corrected chi connectivity index (χ4v) is 3.05. The molecule has 0 bridgehead atoms. The highest BCUT2D eigenvalue weighted by atomic mass is 16.5. The Bertz CT molecular complexity index is 428. The van der Waals surface area contributed by atoms with Gasteiger partial charge in [-0.1, -0.05) is 0 Å². The van der Waals surface area contributed by atoms with Gasteiger partial charge in [0.2, 0.25) is 5.91 Å². The molecule has 1 N–H and O–H groups in total. The summed E-state index contributed by atoms with van der Waals surface area (Å²) in [6.45, 7) is 5.29. The molecule has 3 rings (SSSR count). The van der Waals surface area contributed by atoms with Crippen molar-refractivity contribution in [1.29, 1.82) is 0 Å². The standard InChI is InChI=1S/C14H22N4O2/c19-14(18-6-8-20-9-7-18)11-17-5-1-2-12(10-17)13-3-4-15-16-13/h3-4,12H,1-2,5-11H2,(H,15,16)/t12-/m0/s1. The first-order valence-electron chi connectivity index (χ1n) is 7.40. The average molecular weight is 278 g/mol. The van der Waals surface area contributed by atoms with E-state index in [2.05, 4.69) is 15.1 Å². The van der Waals surface area contributed by atoms with Gasteiger partial charge in [0.15, 0.2) is 0 Å². The molecule has 110 valence electrons. The minimum absolute atomic E-state index is 0.235. The topological polar surface area (TPSA) is 61.5 Å². The number of H-pyrrole nitrogens is 1. The van der Waals surface area contributed by atoms with E-state index in [9.17, 15) is 4.79 Å². The summed E-state index contributed by atoms with van der Waals surface area (Å²) in [6, 6.07) is 2.04. The number of ether oxygens (including phenoxy) is 1. The Labute approximate surface area is 119 Å². The Balaban J connectivity index is 1.53. The highest BCUT2D eigenvalue weighted by Crippen LogP contribution is 2.25. The number of likely N-dealkylation sites (tertiary alicyclic amines) is 1. The van der Waals surface area contributed by atoms with Gasteiger partial charge < -0.3 is 9.64 Å². The number of amides is 1. The SMILES string of the molecule is O=C(CN1CCC[C@H](c2ccn[nH]2)C1)N1CCOCC1. The minimum Gasteiger partial charge on any atom is -0.378 e. The van der Waals surface area contributed by atoms with Crippen molar-refractivity contribution in [1.82, 2.24) is 20.0 Å². The molecule has 0 radical (unpaired) electrons. The van der Waals surface area contributed by atoms with Crippen LogP contribution in [-0.2, 0) is 9.53 Å². The van der Waals surface area contributed by atoms with Crippen LogP contribution < -0.4 is 0 Å². The smallest absolute Gasteiger partial charge is 0.236 e. The average Bonchev–Trinajstić information content (AvgIpc) is 3.03. The van der Waals surface area contributed by atoms with Crippen LogP contribution in [-0.4, -0.2) is 71.8 Å². The van der Waals surface area contributed by atoms with E-state index in [1.165, 1.54) is 12.1 Å². The lowest BCUT2D eigenvalue weighted by Crippen LogP contribution is -2.47. The van der Waals surface area contributed by atoms with Crippen molar-refractivity contribution in [3.05, 3.63) is 18.0 Å². The summed E-state index contributed by atoms with van der Waals surface area (Å²) in [5, 5.41) is 7.08. The monoisotopic (exact) mass is 278 g/mol. The van der Waals surface area contributed by atoms with Gasteiger partial charge in [-0.15, -0.1) is 0 Å². The van der Waals surface area contributed by atoms with Crippen molar-refractivity contribution >= 4 is 5.91 Å². The third-order valence-corrected chi connectivity index (χ3v) is 4.19. The lowest BCUT2D eigenvalue weighted by molar-refractivity contribution is -0.136. The maximum Gasteiger partial charge on any atom is 0.236 e. The van der Waals surface area contributed by atoms with Gasteiger partial charge >= 0.3 is 0 Å². The molecule has 0 saturated carbocycles. The molecule has 0 unspecified atom stereocenters. The molecule has 1 aromatic rings. The zero-order chi connectivity index (χ0) is 13.8. The van der Waals surface area contributed by atoms with Crippen LogP contribution in [0.2, 0.25) is 0 Å². The summed E-state index contributed by atoms with van der Waals surface area (Å²) in [5.74, 6) is 0.710. The molecule has 1 amide bonds. The number of aromatic nitrogens is 2. The number of hydrogen-bond donors (Lipinski definition) is 1. The second kappa shape index (κ2) is 6.37. The predicted molar refractivity (Wildman–Crippen MR) is 74.4 cm³/mol. The number of nitrogens with zero attached hydrogens (tertiary/aromatic N) is 3. The van der Waals surface area contributed by atoms with Gasteiger partial charge in [-0.25, -0.2) is 0 Å². The van der Waals surface area contributed by atoms with Gasteiger partial charge in [0.1, 0.15) is 0 Å². The van der Waals surface area contributed by atoms with Crippen molar-refractivity contribution in [3.8, 4) is 0 Å². The van der Waals surface area contributed by atoms with Crippen LogP contribution in [0.25, 0.3) is 0 Å². The van der Waals surface area contributed by atoms with E-state index in [0.29, 0.717) is 25.7 Å². The van der Waals surface area contributed by atoms with Crippen molar-refractivity contribution in [2.45, 2.75) is 18.8 Å². The highest BCUT2D eigenvalue weighted by Gasteiger charge is 2.25. The molecule has 6 nitrogen and oxygen atoms in total. The Kier molecular flexibility index (Phi) is 4.32. The molecule has 2 saturated heterocycles. The Morgan fingerprint density at radius 3 is 3.00 bits per heavy atom. The molecule has 20 heavy (non-hydrogen) atoms.